The molecular formula is C15H15NO. The first kappa shape index (κ1) is 10.4. The Morgan fingerprint density at radius 1 is 1.00 bits per heavy atom. The number of benzene rings is 2. The van der Waals surface area contributed by atoms with E-state index in [1.807, 2.05) is 6.07 Å². The van der Waals surface area contributed by atoms with Crippen LogP contribution in [0.15, 0.2) is 36.4 Å². The van der Waals surface area contributed by atoms with E-state index >= 15 is 0 Å². The minimum Gasteiger partial charge on any atom is -0.398 e. The van der Waals surface area contributed by atoms with Crippen molar-refractivity contribution in [2.45, 2.75) is 20.1 Å². The zero-order chi connectivity index (χ0) is 11.8. The summed E-state index contributed by atoms with van der Waals surface area (Å²) in [5.74, 6) is 0. The highest BCUT2D eigenvalue weighted by Gasteiger charge is 2.12. The molecule has 3 rings (SSSR count). The molecule has 0 radical (unpaired) electrons. The molecular weight excluding hydrogens is 210 g/mol. The first-order chi connectivity index (χ1) is 8.24. The molecule has 0 fully saturated rings. The van der Waals surface area contributed by atoms with E-state index in [0.29, 0.717) is 0 Å². The lowest BCUT2D eigenvalue weighted by molar-refractivity contribution is 0.134. The smallest absolute Gasteiger partial charge is 0.0725 e. The molecule has 2 aromatic carbocycles. The summed E-state index contributed by atoms with van der Waals surface area (Å²) in [6.07, 6.45) is 0. The van der Waals surface area contributed by atoms with E-state index in [1.54, 1.807) is 0 Å². The molecule has 1 heterocycles. The molecule has 1 aliphatic heterocycles. The summed E-state index contributed by atoms with van der Waals surface area (Å²) >= 11 is 0. The monoisotopic (exact) mass is 225 g/mol. The van der Waals surface area contributed by atoms with Gasteiger partial charge in [-0.05, 0) is 41.3 Å². The molecule has 0 unspecified atom stereocenters. The molecule has 0 saturated carbocycles. The van der Waals surface area contributed by atoms with Gasteiger partial charge in [0.05, 0.1) is 13.2 Å². The van der Waals surface area contributed by atoms with E-state index < -0.39 is 0 Å². The third-order valence-corrected chi connectivity index (χ3v) is 3.24. The number of fused-ring (bicyclic) bond motifs is 1. The fourth-order valence-electron chi connectivity index (χ4n) is 2.28. The molecule has 0 bridgehead atoms. The van der Waals surface area contributed by atoms with Gasteiger partial charge in [-0.2, -0.15) is 0 Å². The topological polar surface area (TPSA) is 35.2 Å². The number of nitrogens with two attached hydrogens (primary N) is 1. The first-order valence-electron chi connectivity index (χ1n) is 5.80. The summed E-state index contributed by atoms with van der Waals surface area (Å²) in [5, 5.41) is 0. The van der Waals surface area contributed by atoms with E-state index in [1.165, 1.54) is 22.3 Å². The second-order valence-electron chi connectivity index (χ2n) is 4.57. The van der Waals surface area contributed by atoms with Gasteiger partial charge in [0.15, 0.2) is 0 Å². The highest BCUT2D eigenvalue weighted by Crippen LogP contribution is 2.30. The van der Waals surface area contributed by atoms with Gasteiger partial charge in [0.2, 0.25) is 0 Å². The van der Waals surface area contributed by atoms with E-state index in [0.717, 1.165) is 24.5 Å². The summed E-state index contributed by atoms with van der Waals surface area (Å²) in [5.41, 5.74) is 12.9. The Hall–Kier alpha value is -1.80. The van der Waals surface area contributed by atoms with Gasteiger partial charge in [0.1, 0.15) is 0 Å². The van der Waals surface area contributed by atoms with Gasteiger partial charge >= 0.3 is 0 Å². The highest BCUT2D eigenvalue weighted by atomic mass is 16.5. The minimum atomic E-state index is 0.717. The molecule has 1 aliphatic rings. The predicted molar refractivity (Wildman–Crippen MR) is 69.5 cm³/mol. The van der Waals surface area contributed by atoms with Crippen molar-refractivity contribution in [3.8, 4) is 11.1 Å². The summed E-state index contributed by atoms with van der Waals surface area (Å²) in [6.45, 7) is 3.50. The van der Waals surface area contributed by atoms with Gasteiger partial charge < -0.3 is 10.5 Å². The van der Waals surface area contributed by atoms with Crippen LogP contribution in [0.2, 0.25) is 0 Å². The average molecular weight is 225 g/mol. The van der Waals surface area contributed by atoms with Gasteiger partial charge in [-0.25, -0.2) is 0 Å². The molecule has 2 heteroatoms. The van der Waals surface area contributed by atoms with Crippen LogP contribution in [0.3, 0.4) is 0 Å². The molecule has 2 aromatic rings. The van der Waals surface area contributed by atoms with Crippen molar-refractivity contribution < 1.29 is 4.74 Å². The van der Waals surface area contributed by atoms with Gasteiger partial charge in [-0.3, -0.25) is 0 Å². The quantitative estimate of drug-likeness (QED) is 0.756. The van der Waals surface area contributed by atoms with Crippen LogP contribution >= 0.6 is 0 Å². The largest absolute Gasteiger partial charge is 0.398 e. The average Bonchev–Trinajstić information content (AvgIpc) is 2.75. The summed E-state index contributed by atoms with van der Waals surface area (Å²) in [7, 11) is 0. The summed E-state index contributed by atoms with van der Waals surface area (Å²) in [4.78, 5) is 0. The Morgan fingerprint density at radius 3 is 2.65 bits per heavy atom. The molecule has 0 aliphatic carbocycles. The molecule has 0 amide bonds. The zero-order valence-corrected chi connectivity index (χ0v) is 9.86. The number of hydrogen-bond donors (Lipinski definition) is 1. The van der Waals surface area contributed by atoms with Crippen molar-refractivity contribution in [2.75, 3.05) is 5.73 Å². The molecule has 86 valence electrons. The van der Waals surface area contributed by atoms with Crippen LogP contribution in [0.4, 0.5) is 5.69 Å². The van der Waals surface area contributed by atoms with E-state index in [4.69, 9.17) is 10.5 Å². The molecule has 0 aromatic heterocycles. The third kappa shape index (κ3) is 1.81. The standard InChI is InChI=1S/C15H15NO/c1-10-2-5-14(15(16)6-10)11-3-4-12-8-17-9-13(12)7-11/h2-7H,8-9,16H2,1H3. The minimum absolute atomic E-state index is 0.717. The van der Waals surface area contributed by atoms with Gasteiger partial charge in [0, 0.05) is 11.3 Å². The molecule has 0 spiro atoms. The third-order valence-electron chi connectivity index (χ3n) is 3.24. The molecule has 0 atom stereocenters. The van der Waals surface area contributed by atoms with Crippen molar-refractivity contribution >= 4 is 5.69 Å². The van der Waals surface area contributed by atoms with Crippen molar-refractivity contribution in [1.29, 1.82) is 0 Å². The van der Waals surface area contributed by atoms with Crippen LogP contribution < -0.4 is 5.73 Å². The van der Waals surface area contributed by atoms with Crippen LogP contribution in [-0.2, 0) is 18.0 Å². The first-order valence-corrected chi connectivity index (χ1v) is 5.80. The number of hydrogen-bond acceptors (Lipinski definition) is 2. The van der Waals surface area contributed by atoms with Crippen LogP contribution in [0, 0.1) is 6.92 Å². The maximum absolute atomic E-state index is 6.07. The fourth-order valence-corrected chi connectivity index (χ4v) is 2.28. The van der Waals surface area contributed by atoms with Crippen LogP contribution in [0.5, 0.6) is 0 Å². The molecule has 2 N–H and O–H groups in total. The highest BCUT2D eigenvalue weighted by molar-refractivity contribution is 5.77. The van der Waals surface area contributed by atoms with Crippen LogP contribution in [0.25, 0.3) is 11.1 Å². The molecule has 2 nitrogen and oxygen atoms in total. The lowest BCUT2D eigenvalue weighted by atomic mass is 9.98. The Morgan fingerprint density at radius 2 is 1.82 bits per heavy atom. The Bertz CT molecular complexity index is 575. The maximum Gasteiger partial charge on any atom is 0.0725 e. The maximum atomic E-state index is 6.07. The number of rotatable bonds is 1. The van der Waals surface area contributed by atoms with E-state index in [-0.39, 0.29) is 0 Å². The van der Waals surface area contributed by atoms with Crippen LogP contribution in [-0.4, -0.2) is 0 Å². The normalized spacial score (nSPS) is 13.7. The second-order valence-corrected chi connectivity index (χ2v) is 4.57. The lowest BCUT2D eigenvalue weighted by Crippen LogP contribution is -1.92. The van der Waals surface area contributed by atoms with Gasteiger partial charge in [-0.15, -0.1) is 0 Å². The van der Waals surface area contributed by atoms with E-state index in [2.05, 4.69) is 37.3 Å². The van der Waals surface area contributed by atoms with E-state index in [9.17, 15) is 0 Å². The number of ether oxygens (including phenoxy) is 1. The van der Waals surface area contributed by atoms with Crippen LogP contribution in [0.1, 0.15) is 16.7 Å². The second kappa shape index (κ2) is 3.90. The molecule has 17 heavy (non-hydrogen) atoms. The predicted octanol–water partition coefficient (Wildman–Crippen LogP) is 3.27. The Kier molecular flexibility index (Phi) is 2.37. The SMILES string of the molecule is Cc1ccc(-c2ccc3c(c2)COC3)c(N)c1. The van der Waals surface area contributed by atoms with Gasteiger partial charge in [0.25, 0.3) is 0 Å². The fraction of sp³-hybridized carbons (Fsp3) is 0.200. The Labute approximate surface area is 101 Å². The van der Waals surface area contributed by atoms with Crippen molar-refractivity contribution in [3.05, 3.63) is 53.1 Å². The van der Waals surface area contributed by atoms with Crippen molar-refractivity contribution in [3.63, 3.8) is 0 Å². The number of anilines is 1. The lowest BCUT2D eigenvalue weighted by Gasteiger charge is -2.08. The summed E-state index contributed by atoms with van der Waals surface area (Å²) in [6, 6.07) is 12.6. The van der Waals surface area contributed by atoms with Gasteiger partial charge in [-0.1, -0.05) is 24.3 Å². The van der Waals surface area contributed by atoms with Crippen molar-refractivity contribution in [2.24, 2.45) is 0 Å². The Balaban J connectivity index is 2.09. The molecule has 0 saturated heterocycles. The zero-order valence-electron chi connectivity index (χ0n) is 9.86. The summed E-state index contributed by atoms with van der Waals surface area (Å²) < 4.78 is 5.42. The van der Waals surface area contributed by atoms with Crippen molar-refractivity contribution in [1.82, 2.24) is 0 Å². The number of nitrogen functional groups attached to an aromatic ring is 1. The number of aryl methyl sites for hydroxylation is 1.